The summed E-state index contributed by atoms with van der Waals surface area (Å²) in [6.45, 7) is 0.443. The summed E-state index contributed by atoms with van der Waals surface area (Å²) < 4.78 is 55.1. The van der Waals surface area contributed by atoms with E-state index < -0.39 is 34.0 Å². The first-order valence-corrected chi connectivity index (χ1v) is 9.74. The Bertz CT molecular complexity index is 980. The van der Waals surface area contributed by atoms with Gasteiger partial charge in [0.15, 0.2) is 21.5 Å². The minimum Gasteiger partial charge on any atom is -0.461 e. The van der Waals surface area contributed by atoms with Crippen molar-refractivity contribution >= 4 is 27.0 Å². The highest BCUT2D eigenvalue weighted by atomic mass is 32.2. The minimum atomic E-state index is -3.40. The highest BCUT2D eigenvalue weighted by Gasteiger charge is 2.16. The molecule has 0 atom stereocenters. The van der Waals surface area contributed by atoms with E-state index in [1.54, 1.807) is 0 Å². The van der Waals surface area contributed by atoms with Crippen molar-refractivity contribution in [1.29, 1.82) is 0 Å². The summed E-state index contributed by atoms with van der Waals surface area (Å²) in [7, 11) is -3.40. The van der Waals surface area contributed by atoms with Crippen molar-refractivity contribution in [2.45, 2.75) is 11.8 Å². The Kier molecular flexibility index (Phi) is 6.45. The van der Waals surface area contributed by atoms with E-state index in [9.17, 15) is 27.1 Å². The monoisotopic (exact) mass is 396 g/mol. The summed E-state index contributed by atoms with van der Waals surface area (Å²) in [6, 6.07) is 8.88. The van der Waals surface area contributed by atoms with Gasteiger partial charge in [-0.2, -0.15) is 0 Å². The molecule has 2 aromatic carbocycles. The Hall–Kier alpha value is -2.58. The average molecular weight is 396 g/mol. The van der Waals surface area contributed by atoms with Gasteiger partial charge in [0, 0.05) is 18.8 Å². The van der Waals surface area contributed by atoms with Gasteiger partial charge in [-0.05, 0) is 41.0 Å². The average Bonchev–Trinajstić information content (AvgIpc) is 2.60. The molecule has 144 valence electrons. The number of hydrogen-bond donors (Lipinski definition) is 1. The van der Waals surface area contributed by atoms with Gasteiger partial charge >= 0.3 is 5.97 Å². The van der Waals surface area contributed by atoms with Gasteiger partial charge in [-0.3, -0.25) is 4.79 Å². The van der Waals surface area contributed by atoms with Gasteiger partial charge in [-0.25, -0.2) is 17.2 Å². The van der Waals surface area contributed by atoms with Gasteiger partial charge in [0.05, 0.1) is 11.5 Å². The normalized spacial score (nSPS) is 12.5. The molecule has 0 fully saturated rings. The van der Waals surface area contributed by atoms with E-state index >= 15 is 0 Å². The van der Waals surface area contributed by atoms with Gasteiger partial charge in [-0.1, -0.05) is 18.2 Å². The van der Waals surface area contributed by atoms with E-state index in [0.717, 1.165) is 18.4 Å². The predicted molar refractivity (Wildman–Crippen MR) is 96.4 cm³/mol. The standard InChI is InChI=1S/C19H18F2O5S/c1-12(23)26-11-17(13-3-6-15(7-4-13)27(2,24)25)16(10-22)14-5-8-18(20)19(21)9-14/h3-9,22H,10-11H2,1-2H3. The second-order valence-electron chi connectivity index (χ2n) is 5.82. The van der Waals surface area contributed by atoms with E-state index in [1.807, 2.05) is 0 Å². The molecule has 0 saturated heterocycles. The van der Waals surface area contributed by atoms with Crippen LogP contribution in [0.2, 0.25) is 0 Å². The summed E-state index contributed by atoms with van der Waals surface area (Å²) in [6.07, 6.45) is 1.07. The second-order valence-corrected chi connectivity index (χ2v) is 7.84. The molecule has 0 aromatic heterocycles. The van der Waals surface area contributed by atoms with Crippen molar-refractivity contribution in [2.75, 3.05) is 19.5 Å². The fourth-order valence-electron chi connectivity index (χ4n) is 2.47. The number of rotatable bonds is 6. The number of aliphatic hydroxyl groups is 1. The summed E-state index contributed by atoms with van der Waals surface area (Å²) >= 11 is 0. The number of ether oxygens (including phenoxy) is 1. The van der Waals surface area contributed by atoms with Crippen LogP contribution < -0.4 is 0 Å². The summed E-state index contributed by atoms with van der Waals surface area (Å²) in [5.74, 6) is -2.68. The van der Waals surface area contributed by atoms with Crippen LogP contribution in [0.15, 0.2) is 47.4 Å². The lowest BCUT2D eigenvalue weighted by Crippen LogP contribution is -2.07. The van der Waals surface area contributed by atoms with Gasteiger partial charge in [0.1, 0.15) is 6.61 Å². The van der Waals surface area contributed by atoms with Crippen LogP contribution in [0.4, 0.5) is 8.78 Å². The first-order valence-electron chi connectivity index (χ1n) is 7.85. The maximum atomic E-state index is 13.6. The SMILES string of the molecule is CC(=O)OCC(=C(CO)c1ccc(F)c(F)c1)c1ccc(S(C)(=O)=O)cc1. The molecule has 2 aromatic rings. The summed E-state index contributed by atoms with van der Waals surface area (Å²) in [4.78, 5) is 11.3. The number of carbonyl (C=O) groups excluding carboxylic acids is 1. The summed E-state index contributed by atoms with van der Waals surface area (Å²) in [5.41, 5.74) is 1.25. The Morgan fingerprint density at radius 3 is 2.07 bits per heavy atom. The number of aliphatic hydroxyl groups excluding tert-OH is 1. The van der Waals surface area contributed by atoms with Gasteiger partial charge < -0.3 is 9.84 Å². The molecule has 2 rings (SSSR count). The van der Waals surface area contributed by atoms with Crippen LogP contribution in [0.25, 0.3) is 11.1 Å². The lowest BCUT2D eigenvalue weighted by Gasteiger charge is -2.15. The number of benzene rings is 2. The van der Waals surface area contributed by atoms with Gasteiger partial charge in [0.25, 0.3) is 0 Å². The lowest BCUT2D eigenvalue weighted by atomic mass is 9.95. The Morgan fingerprint density at radius 2 is 1.59 bits per heavy atom. The molecule has 0 bridgehead atoms. The zero-order valence-corrected chi connectivity index (χ0v) is 15.5. The highest BCUT2D eigenvalue weighted by Crippen LogP contribution is 2.28. The topological polar surface area (TPSA) is 80.7 Å². The quantitative estimate of drug-likeness (QED) is 0.600. The lowest BCUT2D eigenvalue weighted by molar-refractivity contribution is -0.139. The van der Waals surface area contributed by atoms with Gasteiger partial charge in [0.2, 0.25) is 0 Å². The second kappa shape index (κ2) is 8.41. The highest BCUT2D eigenvalue weighted by molar-refractivity contribution is 7.90. The number of halogens is 2. The number of carbonyl (C=O) groups is 1. The molecule has 27 heavy (non-hydrogen) atoms. The fourth-order valence-corrected chi connectivity index (χ4v) is 3.10. The van der Waals surface area contributed by atoms with Crippen LogP contribution in [-0.4, -0.2) is 39.0 Å². The maximum absolute atomic E-state index is 13.6. The molecule has 0 aliphatic carbocycles. The molecule has 0 unspecified atom stereocenters. The van der Waals surface area contributed by atoms with Crippen molar-refractivity contribution in [3.05, 3.63) is 65.2 Å². The molecule has 1 N–H and O–H groups in total. The molecule has 0 spiro atoms. The molecular formula is C19H18F2O5S. The van der Waals surface area contributed by atoms with Crippen LogP contribution >= 0.6 is 0 Å². The van der Waals surface area contributed by atoms with Crippen LogP contribution in [0, 0.1) is 11.6 Å². The first kappa shape index (κ1) is 20.7. The number of hydrogen-bond acceptors (Lipinski definition) is 5. The summed E-state index contributed by atoms with van der Waals surface area (Å²) in [5, 5.41) is 9.81. The Morgan fingerprint density at radius 1 is 1.00 bits per heavy atom. The van der Waals surface area contributed by atoms with E-state index in [1.165, 1.54) is 37.3 Å². The van der Waals surface area contributed by atoms with Crippen LogP contribution in [0.1, 0.15) is 18.1 Å². The van der Waals surface area contributed by atoms with Crippen LogP contribution in [0.5, 0.6) is 0 Å². The Balaban J connectivity index is 2.61. The first-order chi connectivity index (χ1) is 12.6. The van der Waals surface area contributed by atoms with Crippen molar-refractivity contribution in [3.8, 4) is 0 Å². The fraction of sp³-hybridized carbons (Fsp3) is 0.211. The molecule has 5 nitrogen and oxygen atoms in total. The number of sulfone groups is 1. The van der Waals surface area contributed by atoms with Crippen molar-refractivity contribution in [3.63, 3.8) is 0 Å². The predicted octanol–water partition coefficient (Wildman–Crippen LogP) is 2.83. The third-order valence-electron chi connectivity index (χ3n) is 3.84. The van der Waals surface area contributed by atoms with Crippen LogP contribution in [-0.2, 0) is 19.4 Å². The zero-order chi connectivity index (χ0) is 20.2. The van der Waals surface area contributed by atoms with Crippen molar-refractivity contribution in [2.24, 2.45) is 0 Å². The van der Waals surface area contributed by atoms with Gasteiger partial charge in [-0.15, -0.1) is 0 Å². The third-order valence-corrected chi connectivity index (χ3v) is 4.97. The van der Waals surface area contributed by atoms with E-state index in [-0.39, 0.29) is 22.6 Å². The molecule has 0 radical (unpaired) electrons. The minimum absolute atomic E-state index is 0.0939. The molecule has 0 aliphatic heterocycles. The molecule has 0 heterocycles. The molecular weight excluding hydrogens is 378 g/mol. The van der Waals surface area contributed by atoms with E-state index in [0.29, 0.717) is 11.1 Å². The largest absolute Gasteiger partial charge is 0.461 e. The van der Waals surface area contributed by atoms with E-state index in [4.69, 9.17) is 4.74 Å². The maximum Gasteiger partial charge on any atom is 0.302 e. The Labute approximate surface area is 155 Å². The molecule has 0 amide bonds. The zero-order valence-electron chi connectivity index (χ0n) is 14.7. The van der Waals surface area contributed by atoms with E-state index in [2.05, 4.69) is 0 Å². The smallest absolute Gasteiger partial charge is 0.302 e. The molecule has 0 saturated carbocycles. The van der Waals surface area contributed by atoms with Crippen LogP contribution in [0.3, 0.4) is 0 Å². The van der Waals surface area contributed by atoms with Crippen molar-refractivity contribution in [1.82, 2.24) is 0 Å². The third kappa shape index (κ3) is 5.21. The molecule has 8 heteroatoms. The number of esters is 1. The van der Waals surface area contributed by atoms with Crippen molar-refractivity contribution < 1.29 is 31.8 Å². The molecule has 0 aliphatic rings.